The van der Waals surface area contributed by atoms with Crippen LogP contribution in [0.5, 0.6) is 5.75 Å². The Labute approximate surface area is 163 Å². The summed E-state index contributed by atoms with van der Waals surface area (Å²) in [5, 5.41) is 9.05. The van der Waals surface area contributed by atoms with Crippen LogP contribution in [0.2, 0.25) is 10.0 Å². The predicted octanol–water partition coefficient (Wildman–Crippen LogP) is 3.06. The van der Waals surface area contributed by atoms with Gasteiger partial charge in [-0.3, -0.25) is 4.40 Å². The Hall–Kier alpha value is -2.49. The first-order valence-electron chi connectivity index (χ1n) is 7.53. The average Bonchev–Trinajstić information content (AvgIpc) is 3.11. The van der Waals surface area contributed by atoms with Crippen molar-refractivity contribution in [2.24, 2.45) is 0 Å². The summed E-state index contributed by atoms with van der Waals surface area (Å²) >= 11 is 12.9. The van der Waals surface area contributed by atoms with Crippen LogP contribution in [0, 0.1) is 0 Å². The van der Waals surface area contributed by atoms with Crippen LogP contribution in [0.1, 0.15) is 0 Å². The number of halogens is 2. The number of fused-ring (bicyclic) bond motifs is 3. The Balaban J connectivity index is 2.11. The lowest BCUT2D eigenvalue weighted by Crippen LogP contribution is -2.05. The number of ether oxygens (including phenoxy) is 1. The smallest absolute Gasteiger partial charge is 0.248 e. The number of rotatable bonds is 3. The van der Waals surface area contributed by atoms with Crippen LogP contribution in [-0.4, -0.2) is 46.3 Å². The Kier molecular flexibility index (Phi) is 4.17. The van der Waals surface area contributed by atoms with E-state index in [1.54, 1.807) is 22.6 Å². The van der Waals surface area contributed by atoms with Gasteiger partial charge in [-0.1, -0.05) is 23.2 Å². The molecular weight excluding hydrogens is 413 g/mol. The van der Waals surface area contributed by atoms with Gasteiger partial charge in [-0.05, 0) is 18.2 Å². The fraction of sp³-hybridized carbons (Fsp3) is 0.125. The maximum absolute atomic E-state index is 11.8. The number of benzene rings is 1. The fourth-order valence-corrected chi connectivity index (χ4v) is 3.90. The Morgan fingerprint density at radius 1 is 1.19 bits per heavy atom. The maximum Gasteiger partial charge on any atom is 0.248 e. The number of aromatic nitrogens is 5. The summed E-state index contributed by atoms with van der Waals surface area (Å²) in [6, 6.07) is 5.07. The summed E-state index contributed by atoms with van der Waals surface area (Å²) in [4.78, 5) is 8.09. The van der Waals surface area contributed by atoms with Crippen molar-refractivity contribution in [3.05, 3.63) is 40.8 Å². The normalized spacial score (nSPS) is 12.0. The number of hydrogen-bond acceptors (Lipinski definition) is 7. The van der Waals surface area contributed by atoms with Crippen molar-refractivity contribution >= 4 is 49.7 Å². The quantitative estimate of drug-likeness (QED) is 0.466. The zero-order valence-electron chi connectivity index (χ0n) is 14.0. The maximum atomic E-state index is 11.8. The van der Waals surface area contributed by atoms with Crippen LogP contribution in [0.3, 0.4) is 0 Å². The van der Waals surface area contributed by atoms with E-state index in [1.807, 2.05) is 0 Å². The summed E-state index contributed by atoms with van der Waals surface area (Å²) in [5.74, 6) is 0.456. The molecule has 1 aromatic carbocycles. The van der Waals surface area contributed by atoms with Gasteiger partial charge in [0.2, 0.25) is 15.0 Å². The molecule has 0 atom stereocenters. The lowest BCUT2D eigenvalue weighted by Gasteiger charge is -2.13. The monoisotopic (exact) mass is 423 g/mol. The Morgan fingerprint density at radius 3 is 2.67 bits per heavy atom. The van der Waals surface area contributed by atoms with Crippen molar-refractivity contribution in [1.29, 1.82) is 0 Å². The molecule has 0 unspecified atom stereocenters. The van der Waals surface area contributed by atoms with Gasteiger partial charge >= 0.3 is 0 Å². The van der Waals surface area contributed by atoms with Crippen molar-refractivity contribution in [3.63, 3.8) is 0 Å². The molecule has 0 aliphatic rings. The molecule has 27 heavy (non-hydrogen) atoms. The highest BCUT2D eigenvalue weighted by atomic mass is 35.5. The third-order valence-corrected chi connectivity index (χ3v) is 5.52. The highest BCUT2D eigenvalue weighted by Crippen LogP contribution is 2.42. The minimum absolute atomic E-state index is 0.282. The number of nitrogens with zero attached hydrogens (tertiary/aromatic N) is 5. The molecule has 11 heteroatoms. The highest BCUT2D eigenvalue weighted by Gasteiger charge is 2.20. The van der Waals surface area contributed by atoms with Gasteiger partial charge in [0.05, 0.1) is 17.2 Å². The topological polar surface area (TPSA) is 99.3 Å². The molecule has 0 saturated heterocycles. The zero-order chi connectivity index (χ0) is 19.3. The van der Waals surface area contributed by atoms with E-state index in [1.165, 1.54) is 19.6 Å². The van der Waals surface area contributed by atoms with E-state index in [0.717, 1.165) is 6.26 Å². The van der Waals surface area contributed by atoms with E-state index in [4.69, 9.17) is 27.9 Å². The lowest BCUT2D eigenvalue weighted by molar-refractivity contribution is 0.415. The minimum atomic E-state index is -3.57. The van der Waals surface area contributed by atoms with Crippen molar-refractivity contribution in [2.75, 3.05) is 13.4 Å². The molecule has 0 spiro atoms. The molecule has 0 N–H and O–H groups in total. The second-order valence-corrected chi connectivity index (χ2v) is 8.42. The largest absolute Gasteiger partial charge is 0.495 e. The first kappa shape index (κ1) is 17.9. The molecule has 4 rings (SSSR count). The molecule has 0 radical (unpaired) electrons. The minimum Gasteiger partial charge on any atom is -0.495 e. The second-order valence-electron chi connectivity index (χ2n) is 5.72. The van der Waals surface area contributed by atoms with Gasteiger partial charge in [0.1, 0.15) is 12.1 Å². The predicted molar refractivity (Wildman–Crippen MR) is 101 cm³/mol. The molecule has 0 aliphatic carbocycles. The van der Waals surface area contributed by atoms with Gasteiger partial charge in [0.25, 0.3) is 0 Å². The van der Waals surface area contributed by atoms with Crippen LogP contribution < -0.4 is 4.74 Å². The van der Waals surface area contributed by atoms with E-state index >= 15 is 0 Å². The lowest BCUT2D eigenvalue weighted by atomic mass is 10.0. The first-order valence-corrected chi connectivity index (χ1v) is 10.2. The molecular formula is C16H11Cl2N5O3S. The van der Waals surface area contributed by atoms with Gasteiger partial charge in [-0.25, -0.2) is 13.4 Å². The molecule has 8 nitrogen and oxygen atoms in total. The Morgan fingerprint density at radius 2 is 1.96 bits per heavy atom. The summed E-state index contributed by atoms with van der Waals surface area (Å²) < 4.78 is 30.4. The SMILES string of the molecule is COc1ccc(Cl)c(-c2cc3cnc(S(C)(=O)=O)nc3n3cnnc23)c1Cl. The van der Waals surface area contributed by atoms with Crippen molar-refractivity contribution in [3.8, 4) is 16.9 Å². The van der Waals surface area contributed by atoms with Gasteiger partial charge in [0, 0.05) is 29.0 Å². The molecule has 0 amide bonds. The summed E-state index contributed by atoms with van der Waals surface area (Å²) in [5.41, 5.74) is 1.87. The van der Waals surface area contributed by atoms with Crippen LogP contribution >= 0.6 is 23.2 Å². The molecule has 0 fully saturated rings. The molecule has 0 saturated carbocycles. The molecule has 3 heterocycles. The van der Waals surface area contributed by atoms with Crippen molar-refractivity contribution in [1.82, 2.24) is 24.6 Å². The standard InChI is InChI=1S/C16H11Cl2N5O3S/c1-26-11-4-3-10(17)12(13(11)18)9-5-8-6-19-16(27(2,24)25)21-14(8)23-7-20-22-15(9)23/h3-7H,1-2H3. The van der Waals surface area contributed by atoms with Crippen LogP contribution in [0.25, 0.3) is 27.8 Å². The van der Waals surface area contributed by atoms with Crippen LogP contribution in [0.4, 0.5) is 0 Å². The molecule has 0 bridgehead atoms. The van der Waals surface area contributed by atoms with Gasteiger partial charge in [0.15, 0.2) is 11.3 Å². The van der Waals surface area contributed by atoms with Crippen molar-refractivity contribution < 1.29 is 13.2 Å². The van der Waals surface area contributed by atoms with E-state index in [2.05, 4.69) is 20.2 Å². The summed E-state index contributed by atoms with van der Waals surface area (Å²) in [7, 11) is -2.06. The molecule has 4 aromatic rings. The summed E-state index contributed by atoms with van der Waals surface area (Å²) in [6.45, 7) is 0. The van der Waals surface area contributed by atoms with Gasteiger partial charge in [-0.2, -0.15) is 4.98 Å². The number of hydrogen-bond donors (Lipinski definition) is 0. The van der Waals surface area contributed by atoms with Gasteiger partial charge in [-0.15, -0.1) is 10.2 Å². The van der Waals surface area contributed by atoms with Gasteiger partial charge < -0.3 is 4.74 Å². The van der Waals surface area contributed by atoms with E-state index in [-0.39, 0.29) is 5.16 Å². The van der Waals surface area contributed by atoms with E-state index in [0.29, 0.717) is 43.6 Å². The number of methoxy groups -OCH3 is 1. The van der Waals surface area contributed by atoms with Crippen molar-refractivity contribution in [2.45, 2.75) is 5.16 Å². The van der Waals surface area contributed by atoms with E-state index in [9.17, 15) is 8.42 Å². The molecule has 0 aliphatic heterocycles. The third-order valence-electron chi connectivity index (χ3n) is 3.97. The molecule has 3 aromatic heterocycles. The highest BCUT2D eigenvalue weighted by molar-refractivity contribution is 7.90. The third kappa shape index (κ3) is 2.88. The zero-order valence-corrected chi connectivity index (χ0v) is 16.3. The average molecular weight is 424 g/mol. The molecule has 138 valence electrons. The fourth-order valence-electron chi connectivity index (χ4n) is 2.76. The number of sulfone groups is 1. The van der Waals surface area contributed by atoms with Crippen LogP contribution in [-0.2, 0) is 9.84 Å². The Bertz CT molecular complexity index is 1320. The summed E-state index contributed by atoms with van der Waals surface area (Å²) in [6.07, 6.45) is 3.90. The van der Waals surface area contributed by atoms with E-state index < -0.39 is 9.84 Å². The second kappa shape index (κ2) is 6.29. The van der Waals surface area contributed by atoms with Crippen LogP contribution in [0.15, 0.2) is 35.9 Å². The number of pyridine rings is 1. The first-order chi connectivity index (χ1) is 12.8.